The van der Waals surface area contributed by atoms with E-state index in [1.807, 2.05) is 14.1 Å². The summed E-state index contributed by atoms with van der Waals surface area (Å²) in [6.07, 6.45) is 5.47. The number of fused-ring (bicyclic) bond motifs is 1. The largest absolute Gasteiger partial charge is 0.345 e. The average Bonchev–Trinajstić information content (AvgIpc) is 3.52. The molecule has 0 spiro atoms. The van der Waals surface area contributed by atoms with Crippen molar-refractivity contribution in [1.82, 2.24) is 40.3 Å². The topological polar surface area (TPSA) is 147 Å². The lowest BCUT2D eigenvalue weighted by atomic mass is 9.81. The van der Waals surface area contributed by atoms with Gasteiger partial charge in [-0.05, 0) is 38.4 Å². The first-order chi connectivity index (χ1) is 18.3. The van der Waals surface area contributed by atoms with Gasteiger partial charge in [0, 0.05) is 49.6 Å². The van der Waals surface area contributed by atoms with Gasteiger partial charge in [-0.3, -0.25) is 19.1 Å². The third-order valence-electron chi connectivity index (χ3n) is 6.89. The van der Waals surface area contributed by atoms with Crippen LogP contribution in [0.4, 0.5) is 5.82 Å². The Bertz CT molecular complexity index is 1350. The van der Waals surface area contributed by atoms with Crippen LogP contribution in [0.5, 0.6) is 0 Å². The molecule has 3 aromatic rings. The highest BCUT2D eigenvalue weighted by atomic mass is 35.5. The fourth-order valence-corrected chi connectivity index (χ4v) is 6.12. The number of hydrogen-bond acceptors (Lipinski definition) is 9. The molecule has 2 aliphatic rings. The number of hydrogen-bond donors (Lipinski definition) is 3. The van der Waals surface area contributed by atoms with Gasteiger partial charge in [-0.1, -0.05) is 11.6 Å². The molecule has 1 saturated carbocycles. The quantitative estimate of drug-likeness (QED) is 0.380. The minimum absolute atomic E-state index is 0. The minimum atomic E-state index is -0.850. The number of aryl methyl sites for hydroxylation is 1. The summed E-state index contributed by atoms with van der Waals surface area (Å²) in [5.41, 5.74) is 0.969. The SMILES string of the molecule is CN1CCc2nc(C(=O)N[C@@H]3C[C@@H](c4ncnn4C)CC[C@@H]3NC(=O)C(=O)Nc3ccc(Cl)cn3)sc2C1.Cl. The van der Waals surface area contributed by atoms with Crippen LogP contribution in [0.25, 0.3) is 0 Å². The zero-order chi connectivity index (χ0) is 26.8. The van der Waals surface area contributed by atoms with E-state index in [9.17, 15) is 14.4 Å². The second kappa shape index (κ2) is 12.4. The standard InChI is InChI=1S/C24H28ClN9O3S.ClH/c1-33-8-7-16-18(11-33)38-24(31-16)23(37)30-17-9-13(20-27-12-28-34(20)2)3-5-15(17)29-21(35)22(36)32-19-6-4-14(25)10-26-19;/h4,6,10,12-13,15,17H,3,5,7-9,11H2,1-2H3,(H,29,35)(H,30,37)(H,26,32,36);1H/t13-,15-,17+;/m0./s1. The lowest BCUT2D eigenvalue weighted by Crippen LogP contribution is -2.56. The molecule has 3 atom stereocenters. The Labute approximate surface area is 240 Å². The van der Waals surface area contributed by atoms with Gasteiger partial charge in [0.1, 0.15) is 18.0 Å². The van der Waals surface area contributed by atoms with Crippen molar-refractivity contribution in [2.24, 2.45) is 7.05 Å². The lowest BCUT2D eigenvalue weighted by molar-refractivity contribution is -0.136. The van der Waals surface area contributed by atoms with E-state index in [0.717, 1.165) is 35.9 Å². The zero-order valence-electron chi connectivity index (χ0n) is 21.4. The van der Waals surface area contributed by atoms with E-state index in [-0.39, 0.29) is 30.0 Å². The van der Waals surface area contributed by atoms with E-state index in [2.05, 4.69) is 40.9 Å². The number of pyridine rings is 1. The Hall–Kier alpha value is -3.13. The number of carbonyl (C=O) groups excluding carboxylic acids is 3. The number of aromatic nitrogens is 5. The molecule has 208 valence electrons. The van der Waals surface area contributed by atoms with Crippen molar-refractivity contribution in [3.8, 4) is 0 Å². The highest BCUT2D eigenvalue weighted by molar-refractivity contribution is 7.13. The number of rotatable bonds is 5. The average molecular weight is 595 g/mol. The Balaban J connectivity index is 0.00000353. The van der Waals surface area contributed by atoms with E-state index < -0.39 is 23.9 Å². The molecule has 0 radical (unpaired) electrons. The third-order valence-corrected chi connectivity index (χ3v) is 8.19. The maximum atomic E-state index is 13.3. The predicted molar refractivity (Wildman–Crippen MR) is 148 cm³/mol. The van der Waals surface area contributed by atoms with Crippen molar-refractivity contribution in [2.45, 2.75) is 50.2 Å². The van der Waals surface area contributed by atoms with Crippen molar-refractivity contribution in [3.63, 3.8) is 0 Å². The first-order valence-corrected chi connectivity index (χ1v) is 13.5. The van der Waals surface area contributed by atoms with Gasteiger partial charge < -0.3 is 20.9 Å². The van der Waals surface area contributed by atoms with Crippen LogP contribution >= 0.6 is 35.3 Å². The van der Waals surface area contributed by atoms with Crippen LogP contribution in [0.3, 0.4) is 0 Å². The summed E-state index contributed by atoms with van der Waals surface area (Å²) in [5.74, 6) is -0.888. The van der Waals surface area contributed by atoms with E-state index in [0.29, 0.717) is 29.3 Å². The fourth-order valence-electron chi connectivity index (χ4n) is 4.92. The van der Waals surface area contributed by atoms with Crippen molar-refractivity contribution in [2.75, 3.05) is 18.9 Å². The molecule has 3 amide bonds. The van der Waals surface area contributed by atoms with Crippen LogP contribution in [-0.2, 0) is 29.6 Å². The highest BCUT2D eigenvalue weighted by Gasteiger charge is 2.36. The molecule has 0 bridgehead atoms. The van der Waals surface area contributed by atoms with Crippen LogP contribution in [-0.4, -0.2) is 73.0 Å². The maximum Gasteiger partial charge on any atom is 0.314 e. The van der Waals surface area contributed by atoms with Gasteiger partial charge >= 0.3 is 11.8 Å². The molecule has 3 N–H and O–H groups in total. The maximum absolute atomic E-state index is 13.3. The molecule has 0 aromatic carbocycles. The summed E-state index contributed by atoms with van der Waals surface area (Å²) in [6.45, 7) is 1.68. The molecule has 39 heavy (non-hydrogen) atoms. The Kier molecular flexibility index (Phi) is 9.15. The number of thiazole rings is 1. The smallest absolute Gasteiger partial charge is 0.314 e. The van der Waals surface area contributed by atoms with Gasteiger partial charge in [0.05, 0.1) is 16.8 Å². The molecule has 1 aliphatic carbocycles. The predicted octanol–water partition coefficient (Wildman–Crippen LogP) is 1.92. The molecule has 0 unspecified atom stereocenters. The molecule has 3 aromatic heterocycles. The van der Waals surface area contributed by atoms with Crippen molar-refractivity contribution >= 4 is 58.9 Å². The summed E-state index contributed by atoms with van der Waals surface area (Å²) >= 11 is 7.23. The molecule has 4 heterocycles. The van der Waals surface area contributed by atoms with Gasteiger partial charge in [0.25, 0.3) is 5.91 Å². The second-order valence-corrected chi connectivity index (χ2v) is 11.1. The van der Waals surface area contributed by atoms with Crippen LogP contribution < -0.4 is 16.0 Å². The van der Waals surface area contributed by atoms with Crippen LogP contribution in [0, 0.1) is 0 Å². The first kappa shape index (κ1) is 28.9. The highest BCUT2D eigenvalue weighted by Crippen LogP contribution is 2.32. The lowest BCUT2D eigenvalue weighted by Gasteiger charge is -2.36. The number of anilines is 1. The van der Waals surface area contributed by atoms with E-state index >= 15 is 0 Å². The molecule has 1 fully saturated rings. The first-order valence-electron chi connectivity index (χ1n) is 12.3. The van der Waals surface area contributed by atoms with Crippen molar-refractivity contribution in [3.05, 3.63) is 51.1 Å². The van der Waals surface area contributed by atoms with Gasteiger partial charge in [0.15, 0.2) is 5.01 Å². The fraction of sp³-hybridized carbons (Fsp3) is 0.458. The Morgan fingerprint density at radius 2 is 1.90 bits per heavy atom. The molecule has 15 heteroatoms. The molecular weight excluding hydrogens is 565 g/mol. The van der Waals surface area contributed by atoms with Crippen LogP contribution in [0.15, 0.2) is 24.7 Å². The Morgan fingerprint density at radius 3 is 2.62 bits per heavy atom. The minimum Gasteiger partial charge on any atom is -0.345 e. The molecular formula is C24H29Cl2N9O3S. The van der Waals surface area contributed by atoms with Gasteiger partial charge in [0.2, 0.25) is 0 Å². The van der Waals surface area contributed by atoms with E-state index in [4.69, 9.17) is 11.6 Å². The summed E-state index contributed by atoms with van der Waals surface area (Å²) in [5, 5.41) is 13.4. The van der Waals surface area contributed by atoms with Gasteiger partial charge in [-0.25, -0.2) is 15.0 Å². The van der Waals surface area contributed by atoms with Crippen LogP contribution in [0.2, 0.25) is 5.02 Å². The number of nitrogens with one attached hydrogen (secondary N) is 3. The number of halogens is 2. The molecule has 5 rings (SSSR count). The van der Waals surface area contributed by atoms with Crippen molar-refractivity contribution < 1.29 is 14.4 Å². The molecule has 0 saturated heterocycles. The number of nitrogens with zero attached hydrogens (tertiary/aromatic N) is 6. The second-order valence-electron chi connectivity index (χ2n) is 9.60. The van der Waals surface area contributed by atoms with Gasteiger partial charge in [-0.2, -0.15) is 5.10 Å². The van der Waals surface area contributed by atoms with Gasteiger partial charge in [-0.15, -0.1) is 23.7 Å². The van der Waals surface area contributed by atoms with E-state index in [1.165, 1.54) is 29.9 Å². The third kappa shape index (κ3) is 6.72. The normalized spacial score (nSPS) is 20.8. The number of amides is 3. The molecule has 12 nitrogen and oxygen atoms in total. The Morgan fingerprint density at radius 1 is 1.08 bits per heavy atom. The summed E-state index contributed by atoms with van der Waals surface area (Å²) < 4.78 is 1.72. The summed E-state index contributed by atoms with van der Waals surface area (Å²) in [7, 11) is 3.87. The van der Waals surface area contributed by atoms with E-state index in [1.54, 1.807) is 10.7 Å². The number of likely N-dealkylation sites (N-methyl/N-ethyl adjacent to an activating group) is 1. The molecule has 1 aliphatic heterocycles. The number of carbonyl (C=O) groups is 3. The van der Waals surface area contributed by atoms with Crippen molar-refractivity contribution in [1.29, 1.82) is 0 Å². The summed E-state index contributed by atoms with van der Waals surface area (Å²) in [6, 6.07) is 2.18. The zero-order valence-corrected chi connectivity index (χ0v) is 23.8. The van der Waals surface area contributed by atoms with Crippen LogP contribution in [0.1, 0.15) is 51.4 Å². The monoisotopic (exact) mass is 593 g/mol. The summed E-state index contributed by atoms with van der Waals surface area (Å²) in [4.78, 5) is 54.9.